The minimum absolute atomic E-state index is 0.0393. The van der Waals surface area contributed by atoms with E-state index < -0.39 is 28.5 Å². The molecule has 3 aromatic rings. The molecule has 1 atom stereocenters. The van der Waals surface area contributed by atoms with Gasteiger partial charge in [-0.25, -0.2) is 8.42 Å². The first-order valence-electron chi connectivity index (χ1n) is 11.7. The zero-order valence-electron chi connectivity index (χ0n) is 20.9. The van der Waals surface area contributed by atoms with Crippen molar-refractivity contribution in [2.45, 2.75) is 31.3 Å². The molecule has 2 amide bonds. The van der Waals surface area contributed by atoms with Crippen molar-refractivity contribution >= 4 is 39.1 Å². The average Bonchev–Trinajstić information content (AvgIpc) is 2.90. The van der Waals surface area contributed by atoms with Gasteiger partial charge in [0.2, 0.25) is 11.8 Å². The van der Waals surface area contributed by atoms with Crippen LogP contribution >= 0.6 is 11.6 Å². The molecule has 0 radical (unpaired) electrons. The lowest BCUT2D eigenvalue weighted by molar-refractivity contribution is -0.139. The Balaban J connectivity index is 2.01. The van der Waals surface area contributed by atoms with Crippen molar-refractivity contribution in [2.75, 3.05) is 24.5 Å². The first-order valence-corrected chi connectivity index (χ1v) is 13.5. The van der Waals surface area contributed by atoms with Crippen LogP contribution in [-0.4, -0.2) is 51.4 Å². The molecule has 37 heavy (non-hydrogen) atoms. The van der Waals surface area contributed by atoms with E-state index in [0.29, 0.717) is 22.9 Å². The summed E-state index contributed by atoms with van der Waals surface area (Å²) >= 11 is 6.12. The maximum Gasteiger partial charge on any atom is 0.264 e. The van der Waals surface area contributed by atoms with Crippen LogP contribution < -0.4 is 14.4 Å². The van der Waals surface area contributed by atoms with Crippen molar-refractivity contribution < 1.29 is 22.7 Å². The number of carbonyl (C=O) groups is 2. The Morgan fingerprint density at radius 2 is 1.68 bits per heavy atom. The summed E-state index contributed by atoms with van der Waals surface area (Å²) in [6.45, 7) is 3.44. The van der Waals surface area contributed by atoms with E-state index in [2.05, 4.69) is 5.32 Å². The van der Waals surface area contributed by atoms with E-state index in [-0.39, 0.29) is 23.0 Å². The van der Waals surface area contributed by atoms with Crippen molar-refractivity contribution in [3.05, 3.63) is 89.4 Å². The molecular weight excluding hydrogens is 514 g/mol. The molecule has 0 saturated carbocycles. The molecular formula is C27H30ClN3O5S. The van der Waals surface area contributed by atoms with Crippen LogP contribution in [0.25, 0.3) is 0 Å². The lowest BCUT2D eigenvalue weighted by Crippen LogP contribution is -2.50. The molecule has 8 nitrogen and oxygen atoms in total. The number of ether oxygens (including phenoxy) is 1. The van der Waals surface area contributed by atoms with Crippen LogP contribution in [0.2, 0.25) is 5.02 Å². The quantitative estimate of drug-likeness (QED) is 0.393. The predicted octanol–water partition coefficient (Wildman–Crippen LogP) is 4.10. The number of halogens is 1. The van der Waals surface area contributed by atoms with Crippen LogP contribution in [0.3, 0.4) is 0 Å². The molecule has 3 aromatic carbocycles. The van der Waals surface area contributed by atoms with Crippen LogP contribution in [0.4, 0.5) is 5.69 Å². The van der Waals surface area contributed by atoms with E-state index in [4.69, 9.17) is 16.3 Å². The van der Waals surface area contributed by atoms with Gasteiger partial charge >= 0.3 is 0 Å². The summed E-state index contributed by atoms with van der Waals surface area (Å²) in [5, 5.41) is 3.04. The van der Waals surface area contributed by atoms with Crippen LogP contribution in [0.5, 0.6) is 5.75 Å². The summed E-state index contributed by atoms with van der Waals surface area (Å²) in [6.07, 6.45) is 0. The number of nitrogens with zero attached hydrogens (tertiary/aromatic N) is 2. The molecule has 10 heteroatoms. The lowest BCUT2D eigenvalue weighted by atomic mass is 10.1. The van der Waals surface area contributed by atoms with Gasteiger partial charge in [-0.1, -0.05) is 41.9 Å². The van der Waals surface area contributed by atoms with E-state index in [1.165, 1.54) is 24.1 Å². The van der Waals surface area contributed by atoms with Gasteiger partial charge in [0.25, 0.3) is 10.0 Å². The fraction of sp³-hybridized carbons (Fsp3) is 0.259. The number of anilines is 1. The number of carbonyl (C=O) groups excluding carboxylic acids is 2. The number of nitrogens with one attached hydrogen (secondary N) is 1. The van der Waals surface area contributed by atoms with E-state index in [1.54, 1.807) is 73.7 Å². The highest BCUT2D eigenvalue weighted by Crippen LogP contribution is 2.26. The number of rotatable bonds is 11. The molecule has 0 bridgehead atoms. The third-order valence-corrected chi connectivity index (χ3v) is 7.72. The van der Waals surface area contributed by atoms with Crippen LogP contribution in [0.1, 0.15) is 19.4 Å². The highest BCUT2D eigenvalue weighted by Gasteiger charge is 2.32. The molecule has 0 aliphatic heterocycles. The molecule has 0 aliphatic rings. The normalized spacial score (nSPS) is 11.9. The number of hydrogen-bond donors (Lipinski definition) is 1. The maximum absolute atomic E-state index is 13.7. The predicted molar refractivity (Wildman–Crippen MR) is 144 cm³/mol. The highest BCUT2D eigenvalue weighted by atomic mass is 35.5. The molecule has 1 N–H and O–H groups in total. The first-order chi connectivity index (χ1) is 17.7. The van der Waals surface area contributed by atoms with Crippen molar-refractivity contribution in [2.24, 2.45) is 0 Å². The van der Waals surface area contributed by atoms with Gasteiger partial charge in [-0.3, -0.25) is 13.9 Å². The second-order valence-corrected chi connectivity index (χ2v) is 10.5. The van der Waals surface area contributed by atoms with E-state index in [1.807, 2.05) is 6.92 Å². The fourth-order valence-corrected chi connectivity index (χ4v) is 5.40. The van der Waals surface area contributed by atoms with Crippen LogP contribution in [-0.2, 0) is 26.2 Å². The number of likely N-dealkylation sites (N-methyl/N-ethyl adjacent to an activating group) is 1. The van der Waals surface area contributed by atoms with Gasteiger partial charge in [-0.15, -0.1) is 0 Å². The number of hydrogen-bond acceptors (Lipinski definition) is 5. The topological polar surface area (TPSA) is 96.0 Å². The van der Waals surface area contributed by atoms with E-state index in [9.17, 15) is 18.0 Å². The van der Waals surface area contributed by atoms with Gasteiger partial charge in [0.05, 0.1) is 17.2 Å². The molecule has 196 valence electrons. The van der Waals surface area contributed by atoms with Gasteiger partial charge in [-0.05, 0) is 67.9 Å². The van der Waals surface area contributed by atoms with Gasteiger partial charge in [0.15, 0.2) is 0 Å². The molecule has 0 unspecified atom stereocenters. The molecule has 0 aliphatic carbocycles. The monoisotopic (exact) mass is 543 g/mol. The Labute approximate surface area is 222 Å². The smallest absolute Gasteiger partial charge is 0.264 e. The Bertz CT molecular complexity index is 1320. The number of benzene rings is 3. The largest absolute Gasteiger partial charge is 0.494 e. The van der Waals surface area contributed by atoms with Crippen molar-refractivity contribution in [3.8, 4) is 5.75 Å². The second kappa shape index (κ2) is 12.6. The third kappa shape index (κ3) is 7.02. The summed E-state index contributed by atoms with van der Waals surface area (Å²) in [4.78, 5) is 27.6. The Hall–Kier alpha value is -3.56. The summed E-state index contributed by atoms with van der Waals surface area (Å²) in [7, 11) is -2.64. The van der Waals surface area contributed by atoms with Gasteiger partial charge in [-0.2, -0.15) is 0 Å². The summed E-state index contributed by atoms with van der Waals surface area (Å²) in [5.41, 5.74) is 0.992. The van der Waals surface area contributed by atoms with Crippen molar-refractivity contribution in [1.29, 1.82) is 0 Å². The minimum atomic E-state index is -4.12. The summed E-state index contributed by atoms with van der Waals surface area (Å²) in [5.74, 6) is -0.358. The van der Waals surface area contributed by atoms with E-state index >= 15 is 0 Å². The Kier molecular flexibility index (Phi) is 9.54. The van der Waals surface area contributed by atoms with E-state index in [0.717, 1.165) is 4.31 Å². The standard InChI is InChI=1S/C27H30ClN3O5S/c1-4-36-24-15-13-23(14-16-24)31(37(34,35)25-11-6-5-7-12-25)19-26(32)30(20(2)27(33)29-3)18-21-9-8-10-22(28)17-21/h5-17,20H,4,18-19H2,1-3H3,(H,29,33)/t20-/m0/s1. The highest BCUT2D eigenvalue weighted by molar-refractivity contribution is 7.92. The van der Waals surface area contributed by atoms with Gasteiger partial charge in [0.1, 0.15) is 18.3 Å². The first kappa shape index (κ1) is 28.0. The second-order valence-electron chi connectivity index (χ2n) is 8.19. The van der Waals surface area contributed by atoms with Crippen LogP contribution in [0.15, 0.2) is 83.8 Å². The summed E-state index contributed by atoms with van der Waals surface area (Å²) < 4.78 is 33.9. The van der Waals surface area contributed by atoms with Crippen molar-refractivity contribution in [3.63, 3.8) is 0 Å². The van der Waals surface area contributed by atoms with Crippen LogP contribution in [0, 0.1) is 0 Å². The average molecular weight is 544 g/mol. The third-order valence-electron chi connectivity index (χ3n) is 5.70. The molecule has 0 spiro atoms. The molecule has 0 aromatic heterocycles. The number of amides is 2. The van der Waals surface area contributed by atoms with Gasteiger partial charge in [0, 0.05) is 18.6 Å². The maximum atomic E-state index is 13.7. The fourth-order valence-electron chi connectivity index (χ4n) is 3.75. The van der Waals surface area contributed by atoms with Crippen molar-refractivity contribution in [1.82, 2.24) is 10.2 Å². The molecule has 0 fully saturated rings. The zero-order chi connectivity index (χ0) is 27.0. The number of sulfonamides is 1. The molecule has 0 heterocycles. The zero-order valence-corrected chi connectivity index (χ0v) is 22.5. The summed E-state index contributed by atoms with van der Waals surface area (Å²) in [6, 6.07) is 20.4. The SMILES string of the molecule is CCOc1ccc(N(CC(=O)N(Cc2cccc(Cl)c2)[C@@H](C)C(=O)NC)S(=O)(=O)c2ccccc2)cc1. The Morgan fingerprint density at radius 1 is 1.00 bits per heavy atom. The lowest BCUT2D eigenvalue weighted by Gasteiger charge is -2.31. The molecule has 0 saturated heterocycles. The van der Waals surface area contributed by atoms with Gasteiger partial charge < -0.3 is 15.0 Å². The minimum Gasteiger partial charge on any atom is -0.494 e. The Morgan fingerprint density at radius 3 is 2.27 bits per heavy atom. The molecule has 3 rings (SSSR count).